The Labute approximate surface area is 163 Å². The van der Waals surface area contributed by atoms with Crippen molar-refractivity contribution in [1.82, 2.24) is 5.32 Å². The summed E-state index contributed by atoms with van der Waals surface area (Å²) >= 11 is 11.8. The summed E-state index contributed by atoms with van der Waals surface area (Å²) in [6, 6.07) is 7.88. The highest BCUT2D eigenvalue weighted by atomic mass is 35.5. The van der Waals surface area contributed by atoms with E-state index in [1.54, 1.807) is 0 Å². The number of imide groups is 2. The molecule has 0 saturated carbocycles. The van der Waals surface area contributed by atoms with Gasteiger partial charge in [0.1, 0.15) is 5.57 Å². The Kier molecular flexibility index (Phi) is 5.07. The zero-order valence-electron chi connectivity index (χ0n) is 13.8. The van der Waals surface area contributed by atoms with E-state index in [-0.39, 0.29) is 27.8 Å². The van der Waals surface area contributed by atoms with E-state index in [1.807, 2.05) is 0 Å². The molecule has 7 nitrogen and oxygen atoms in total. The zero-order valence-corrected chi connectivity index (χ0v) is 15.3. The molecule has 1 saturated heterocycles. The van der Waals surface area contributed by atoms with Crippen molar-refractivity contribution in [1.29, 1.82) is 0 Å². The van der Waals surface area contributed by atoms with Gasteiger partial charge < -0.3 is 9.84 Å². The second kappa shape index (κ2) is 7.30. The molecule has 4 amide bonds. The summed E-state index contributed by atoms with van der Waals surface area (Å²) in [5, 5.41) is 12.3. The van der Waals surface area contributed by atoms with Gasteiger partial charge in [0.25, 0.3) is 11.8 Å². The van der Waals surface area contributed by atoms with Gasteiger partial charge in [-0.25, -0.2) is 9.69 Å². The third-order valence-corrected chi connectivity index (χ3v) is 4.31. The van der Waals surface area contributed by atoms with Crippen molar-refractivity contribution in [2.24, 2.45) is 0 Å². The second-order valence-corrected chi connectivity index (χ2v) is 6.33. The Balaban J connectivity index is 2.04. The molecule has 3 rings (SSSR count). The topological polar surface area (TPSA) is 95.9 Å². The Morgan fingerprint density at radius 1 is 1.11 bits per heavy atom. The molecule has 1 aliphatic heterocycles. The number of benzene rings is 2. The van der Waals surface area contributed by atoms with E-state index in [1.165, 1.54) is 49.6 Å². The molecule has 0 unspecified atom stereocenters. The van der Waals surface area contributed by atoms with Crippen LogP contribution in [0.4, 0.5) is 10.5 Å². The number of hydrogen-bond donors (Lipinski definition) is 2. The van der Waals surface area contributed by atoms with Crippen LogP contribution in [0, 0.1) is 0 Å². The average Bonchev–Trinajstić information content (AvgIpc) is 2.62. The smallest absolute Gasteiger partial charge is 0.335 e. The van der Waals surface area contributed by atoms with E-state index in [4.69, 9.17) is 27.9 Å². The molecule has 2 aromatic rings. The fourth-order valence-corrected chi connectivity index (χ4v) is 2.83. The predicted octanol–water partition coefficient (Wildman–Crippen LogP) is 3.37. The summed E-state index contributed by atoms with van der Waals surface area (Å²) in [6.07, 6.45) is 1.25. The number of hydrogen-bond acceptors (Lipinski definition) is 5. The van der Waals surface area contributed by atoms with Gasteiger partial charge in [-0.1, -0.05) is 23.2 Å². The molecule has 0 aliphatic carbocycles. The second-order valence-electron chi connectivity index (χ2n) is 5.49. The maximum absolute atomic E-state index is 12.8. The third kappa shape index (κ3) is 3.60. The van der Waals surface area contributed by atoms with Crippen LogP contribution in [0.3, 0.4) is 0 Å². The molecule has 0 spiro atoms. The molecular weight excluding hydrogens is 395 g/mol. The van der Waals surface area contributed by atoms with Crippen molar-refractivity contribution in [3.63, 3.8) is 0 Å². The monoisotopic (exact) mass is 406 g/mol. The molecule has 138 valence electrons. The number of methoxy groups -OCH3 is 1. The molecule has 2 N–H and O–H groups in total. The van der Waals surface area contributed by atoms with Crippen molar-refractivity contribution in [2.45, 2.75) is 0 Å². The van der Waals surface area contributed by atoms with Gasteiger partial charge in [0.15, 0.2) is 11.5 Å². The van der Waals surface area contributed by atoms with Crippen molar-refractivity contribution >= 4 is 52.8 Å². The van der Waals surface area contributed by atoms with Gasteiger partial charge in [-0.15, -0.1) is 0 Å². The number of barbiturate groups is 1. The summed E-state index contributed by atoms with van der Waals surface area (Å²) in [7, 11) is 1.34. The van der Waals surface area contributed by atoms with Crippen LogP contribution in [0.25, 0.3) is 6.08 Å². The van der Waals surface area contributed by atoms with Gasteiger partial charge >= 0.3 is 6.03 Å². The number of carbonyl (C=O) groups excluding carboxylic acids is 3. The highest BCUT2D eigenvalue weighted by Gasteiger charge is 2.36. The first-order valence-electron chi connectivity index (χ1n) is 7.55. The molecule has 1 fully saturated rings. The van der Waals surface area contributed by atoms with Crippen LogP contribution in [0.5, 0.6) is 11.5 Å². The lowest BCUT2D eigenvalue weighted by Crippen LogP contribution is -2.54. The van der Waals surface area contributed by atoms with Crippen LogP contribution in [-0.2, 0) is 9.59 Å². The number of amides is 4. The Hall–Kier alpha value is -3.03. The first-order chi connectivity index (χ1) is 12.8. The fourth-order valence-electron chi connectivity index (χ4n) is 2.48. The minimum absolute atomic E-state index is 0.0181. The predicted molar refractivity (Wildman–Crippen MR) is 100 cm³/mol. The first-order valence-corrected chi connectivity index (χ1v) is 8.31. The third-order valence-electron chi connectivity index (χ3n) is 3.77. The first kappa shape index (κ1) is 18.8. The number of rotatable bonds is 3. The van der Waals surface area contributed by atoms with Crippen LogP contribution in [0.1, 0.15) is 5.56 Å². The number of phenols is 1. The average molecular weight is 407 g/mol. The number of nitrogens with one attached hydrogen (secondary N) is 1. The number of halogens is 2. The molecule has 0 atom stereocenters. The van der Waals surface area contributed by atoms with E-state index in [9.17, 15) is 19.5 Å². The quantitative estimate of drug-likeness (QED) is 0.601. The van der Waals surface area contributed by atoms with Gasteiger partial charge in [0.05, 0.1) is 17.8 Å². The van der Waals surface area contributed by atoms with Crippen molar-refractivity contribution in [2.75, 3.05) is 12.0 Å². The minimum Gasteiger partial charge on any atom is -0.503 e. The van der Waals surface area contributed by atoms with Crippen LogP contribution < -0.4 is 15.0 Å². The lowest BCUT2D eigenvalue weighted by atomic mass is 10.1. The number of anilines is 1. The number of ether oxygens (including phenoxy) is 1. The largest absolute Gasteiger partial charge is 0.503 e. The van der Waals surface area contributed by atoms with Crippen LogP contribution in [-0.4, -0.2) is 30.1 Å². The molecule has 0 radical (unpaired) electrons. The highest BCUT2D eigenvalue weighted by molar-refractivity contribution is 6.39. The summed E-state index contributed by atoms with van der Waals surface area (Å²) < 4.78 is 5.00. The molecule has 0 aromatic heterocycles. The number of nitrogens with zero attached hydrogens (tertiary/aromatic N) is 1. The van der Waals surface area contributed by atoms with Crippen LogP contribution in [0.2, 0.25) is 10.0 Å². The van der Waals surface area contributed by atoms with E-state index in [2.05, 4.69) is 5.32 Å². The van der Waals surface area contributed by atoms with E-state index < -0.39 is 17.8 Å². The SMILES string of the molecule is COc1cc(C=C2C(=O)NC(=O)N(c3ccc(Cl)cc3)C2=O)cc(Cl)c1O. The lowest BCUT2D eigenvalue weighted by Gasteiger charge is -2.26. The van der Waals surface area contributed by atoms with E-state index in [0.717, 1.165) is 4.90 Å². The zero-order chi connectivity index (χ0) is 19.7. The number of phenolic OH excluding ortho intramolecular Hbond substituents is 1. The molecule has 9 heteroatoms. The summed E-state index contributed by atoms with van der Waals surface area (Å²) in [6.45, 7) is 0. The molecular formula is C18H12Cl2N2O5. The van der Waals surface area contributed by atoms with Crippen molar-refractivity contribution in [3.8, 4) is 11.5 Å². The van der Waals surface area contributed by atoms with Gasteiger partial charge in [0.2, 0.25) is 0 Å². The van der Waals surface area contributed by atoms with E-state index >= 15 is 0 Å². The van der Waals surface area contributed by atoms with Crippen molar-refractivity contribution < 1.29 is 24.2 Å². The Morgan fingerprint density at radius 2 is 1.78 bits per heavy atom. The number of aromatic hydroxyl groups is 1. The summed E-state index contributed by atoms with van der Waals surface area (Å²) in [4.78, 5) is 37.9. The van der Waals surface area contributed by atoms with Gasteiger partial charge in [-0.3, -0.25) is 14.9 Å². The lowest BCUT2D eigenvalue weighted by molar-refractivity contribution is -0.122. The maximum atomic E-state index is 12.8. The number of carbonyl (C=O) groups is 3. The van der Waals surface area contributed by atoms with Crippen LogP contribution in [0.15, 0.2) is 42.0 Å². The molecule has 1 heterocycles. The van der Waals surface area contributed by atoms with Crippen LogP contribution >= 0.6 is 23.2 Å². The number of urea groups is 1. The fraction of sp³-hybridized carbons (Fsp3) is 0.0556. The minimum atomic E-state index is -0.870. The van der Waals surface area contributed by atoms with Gasteiger partial charge in [-0.2, -0.15) is 0 Å². The molecule has 0 bridgehead atoms. The molecule has 27 heavy (non-hydrogen) atoms. The standard InChI is InChI=1S/C18H12Cl2N2O5/c1-27-14-8-9(7-13(20)15(14)23)6-12-16(24)21-18(26)22(17(12)25)11-4-2-10(19)3-5-11/h2-8,23H,1H3,(H,21,24,26). The molecule has 1 aliphatic rings. The Morgan fingerprint density at radius 3 is 2.41 bits per heavy atom. The Bertz CT molecular complexity index is 986. The van der Waals surface area contributed by atoms with Crippen molar-refractivity contribution in [3.05, 3.63) is 57.6 Å². The van der Waals surface area contributed by atoms with Gasteiger partial charge in [-0.05, 0) is 48.0 Å². The van der Waals surface area contributed by atoms with E-state index in [0.29, 0.717) is 10.6 Å². The van der Waals surface area contributed by atoms with Gasteiger partial charge in [0, 0.05) is 5.02 Å². The highest BCUT2D eigenvalue weighted by Crippen LogP contribution is 2.35. The summed E-state index contributed by atoms with van der Waals surface area (Å²) in [5.74, 6) is -1.85. The maximum Gasteiger partial charge on any atom is 0.335 e. The molecule has 2 aromatic carbocycles. The summed E-state index contributed by atoms with van der Waals surface area (Å²) in [5.41, 5.74) is 0.300. The normalized spacial score (nSPS) is 15.9.